The Kier molecular flexibility index (Phi) is 4.26. The Morgan fingerprint density at radius 3 is 2.90 bits per heavy atom. The molecule has 7 heteroatoms. The largest absolute Gasteiger partial charge is 0.312 e. The fraction of sp³-hybridized carbons (Fsp3) is 0.357. The lowest BCUT2D eigenvalue weighted by Crippen LogP contribution is -2.09. The van der Waals surface area contributed by atoms with Crippen molar-refractivity contribution in [2.45, 2.75) is 19.4 Å². The van der Waals surface area contributed by atoms with Gasteiger partial charge >= 0.3 is 0 Å². The Bertz CT molecular complexity index is 764. The number of pyridine rings is 1. The molecular formula is C14H15BrClN5. The van der Waals surface area contributed by atoms with E-state index in [0.29, 0.717) is 5.88 Å². The molecule has 0 radical (unpaired) electrons. The van der Waals surface area contributed by atoms with Crippen LogP contribution >= 0.6 is 27.5 Å². The van der Waals surface area contributed by atoms with E-state index in [1.807, 2.05) is 30.1 Å². The van der Waals surface area contributed by atoms with Crippen molar-refractivity contribution in [3.8, 4) is 0 Å². The van der Waals surface area contributed by atoms with Gasteiger partial charge in [0.15, 0.2) is 5.65 Å². The lowest BCUT2D eigenvalue weighted by molar-refractivity contribution is 0.625. The zero-order valence-electron chi connectivity index (χ0n) is 11.6. The van der Waals surface area contributed by atoms with Crippen molar-refractivity contribution >= 4 is 38.7 Å². The second kappa shape index (κ2) is 6.15. The van der Waals surface area contributed by atoms with Crippen molar-refractivity contribution in [3.63, 3.8) is 0 Å². The van der Waals surface area contributed by atoms with Crippen LogP contribution in [0.3, 0.4) is 0 Å². The maximum Gasteiger partial charge on any atom is 0.160 e. The summed E-state index contributed by atoms with van der Waals surface area (Å²) in [6.45, 7) is 0.816. The Hall–Kier alpha value is -1.40. The molecule has 0 saturated heterocycles. The Labute approximate surface area is 136 Å². The average molecular weight is 369 g/mol. The van der Waals surface area contributed by atoms with Gasteiger partial charge in [0.25, 0.3) is 0 Å². The number of halogens is 2. The Morgan fingerprint density at radius 1 is 1.33 bits per heavy atom. The number of aromatic nitrogens is 5. The number of alkyl halides is 1. The van der Waals surface area contributed by atoms with Gasteiger partial charge in [0.1, 0.15) is 11.3 Å². The standard InChI is InChI=1S/C14H15BrClN5/c1-20-11(3-6-18-20)4-7-21-13(2-5-16)19-12-8-10(15)9-17-14(12)21/h3,6,8-9H,2,4-5,7H2,1H3. The molecule has 110 valence electrons. The van der Waals surface area contributed by atoms with Crippen molar-refractivity contribution in [1.82, 2.24) is 24.3 Å². The molecule has 0 spiro atoms. The molecule has 0 N–H and O–H groups in total. The van der Waals surface area contributed by atoms with E-state index in [-0.39, 0.29) is 0 Å². The van der Waals surface area contributed by atoms with Gasteiger partial charge in [0, 0.05) is 54.9 Å². The van der Waals surface area contributed by atoms with Crippen LogP contribution in [0.4, 0.5) is 0 Å². The summed E-state index contributed by atoms with van der Waals surface area (Å²) in [4.78, 5) is 9.14. The third-order valence-electron chi connectivity index (χ3n) is 3.46. The summed E-state index contributed by atoms with van der Waals surface area (Å²) in [6, 6.07) is 4.02. The predicted molar refractivity (Wildman–Crippen MR) is 86.6 cm³/mol. The Morgan fingerprint density at radius 2 is 2.19 bits per heavy atom. The van der Waals surface area contributed by atoms with Gasteiger partial charge < -0.3 is 4.57 Å². The van der Waals surface area contributed by atoms with E-state index >= 15 is 0 Å². The van der Waals surface area contributed by atoms with Crippen molar-refractivity contribution in [2.75, 3.05) is 5.88 Å². The van der Waals surface area contributed by atoms with Crippen molar-refractivity contribution < 1.29 is 0 Å². The molecule has 0 bridgehead atoms. The van der Waals surface area contributed by atoms with Crippen LogP contribution in [0.2, 0.25) is 0 Å². The highest BCUT2D eigenvalue weighted by Gasteiger charge is 2.12. The number of hydrogen-bond acceptors (Lipinski definition) is 3. The van der Waals surface area contributed by atoms with Crippen molar-refractivity contribution in [1.29, 1.82) is 0 Å². The predicted octanol–water partition coefficient (Wildman–Crippen LogP) is 2.95. The fourth-order valence-corrected chi connectivity index (χ4v) is 2.90. The van der Waals surface area contributed by atoms with Gasteiger partial charge in [-0.15, -0.1) is 11.6 Å². The van der Waals surface area contributed by atoms with E-state index in [1.165, 1.54) is 5.69 Å². The molecule has 5 nitrogen and oxygen atoms in total. The lowest BCUT2D eigenvalue weighted by Gasteiger charge is -2.08. The van der Waals surface area contributed by atoms with E-state index in [4.69, 9.17) is 11.6 Å². The van der Waals surface area contributed by atoms with Gasteiger partial charge in [-0.2, -0.15) is 5.10 Å². The van der Waals surface area contributed by atoms with Gasteiger partial charge in [-0.1, -0.05) is 0 Å². The first kappa shape index (κ1) is 14.5. The molecule has 3 aromatic rings. The lowest BCUT2D eigenvalue weighted by atomic mass is 10.3. The highest BCUT2D eigenvalue weighted by molar-refractivity contribution is 9.10. The monoisotopic (exact) mass is 367 g/mol. The summed E-state index contributed by atoms with van der Waals surface area (Å²) in [5.41, 5.74) is 2.99. The van der Waals surface area contributed by atoms with Gasteiger partial charge in [-0.3, -0.25) is 4.68 Å². The number of fused-ring (bicyclic) bond motifs is 1. The molecule has 0 fully saturated rings. The van der Waals surface area contributed by atoms with E-state index in [0.717, 1.165) is 40.8 Å². The van der Waals surface area contributed by atoms with E-state index < -0.39 is 0 Å². The molecule has 0 amide bonds. The summed E-state index contributed by atoms with van der Waals surface area (Å²) in [5.74, 6) is 1.53. The van der Waals surface area contributed by atoms with Crippen LogP contribution in [0.5, 0.6) is 0 Å². The highest BCUT2D eigenvalue weighted by Crippen LogP contribution is 2.19. The molecule has 3 aromatic heterocycles. The van der Waals surface area contributed by atoms with Crippen LogP contribution in [0.1, 0.15) is 11.5 Å². The second-order valence-corrected chi connectivity index (χ2v) is 6.10. The third-order valence-corrected chi connectivity index (χ3v) is 4.09. The van der Waals surface area contributed by atoms with Gasteiger partial charge in [-0.05, 0) is 28.1 Å². The molecule has 0 aliphatic carbocycles. The summed E-state index contributed by atoms with van der Waals surface area (Å²) >= 11 is 9.33. The van der Waals surface area contributed by atoms with Gasteiger partial charge in [0.05, 0.1) is 0 Å². The van der Waals surface area contributed by atoms with E-state index in [9.17, 15) is 0 Å². The van der Waals surface area contributed by atoms with Crippen molar-refractivity contribution in [2.24, 2.45) is 7.05 Å². The van der Waals surface area contributed by atoms with Crippen molar-refractivity contribution in [3.05, 3.63) is 40.5 Å². The molecule has 0 aromatic carbocycles. The number of aryl methyl sites for hydroxylation is 4. The molecule has 0 unspecified atom stereocenters. The zero-order valence-corrected chi connectivity index (χ0v) is 14.0. The number of hydrogen-bond donors (Lipinski definition) is 0. The Balaban J connectivity index is 1.95. The molecule has 0 saturated carbocycles. The first-order valence-electron chi connectivity index (χ1n) is 6.72. The topological polar surface area (TPSA) is 48.5 Å². The average Bonchev–Trinajstić information content (AvgIpc) is 3.00. The van der Waals surface area contributed by atoms with E-state index in [1.54, 1.807) is 6.20 Å². The zero-order chi connectivity index (χ0) is 14.8. The number of rotatable bonds is 5. The van der Waals surface area contributed by atoms with Gasteiger partial charge in [0.2, 0.25) is 0 Å². The number of nitrogens with zero attached hydrogens (tertiary/aromatic N) is 5. The highest BCUT2D eigenvalue weighted by atomic mass is 79.9. The van der Waals surface area contributed by atoms with Crippen LogP contribution in [-0.2, 0) is 26.4 Å². The normalized spacial score (nSPS) is 11.4. The molecule has 21 heavy (non-hydrogen) atoms. The van der Waals surface area contributed by atoms with Gasteiger partial charge in [-0.25, -0.2) is 9.97 Å². The minimum absolute atomic E-state index is 0.552. The van der Waals surface area contributed by atoms with Crippen LogP contribution < -0.4 is 0 Å². The summed E-state index contributed by atoms with van der Waals surface area (Å²) in [6.07, 6.45) is 5.24. The van der Waals surface area contributed by atoms with E-state index in [2.05, 4.69) is 35.6 Å². The SMILES string of the molecule is Cn1nccc1CCn1c(CCCl)nc2cc(Br)cnc21. The molecule has 0 aliphatic rings. The maximum absolute atomic E-state index is 5.89. The molecular weight excluding hydrogens is 354 g/mol. The van der Waals surface area contributed by atoms with Crippen LogP contribution in [0.25, 0.3) is 11.2 Å². The van der Waals surface area contributed by atoms with Crippen LogP contribution in [-0.4, -0.2) is 30.2 Å². The molecule has 3 rings (SSSR count). The molecule has 3 heterocycles. The summed E-state index contributed by atoms with van der Waals surface area (Å²) < 4.78 is 4.98. The first-order valence-corrected chi connectivity index (χ1v) is 8.05. The quantitative estimate of drug-likeness (QED) is 0.651. The molecule has 0 aliphatic heterocycles. The first-order chi connectivity index (χ1) is 10.2. The minimum atomic E-state index is 0.552. The fourth-order valence-electron chi connectivity index (χ4n) is 2.42. The van der Waals surface area contributed by atoms with Crippen LogP contribution in [0, 0.1) is 0 Å². The summed E-state index contributed by atoms with van der Waals surface area (Å²) in [7, 11) is 1.95. The smallest absolute Gasteiger partial charge is 0.160 e. The van der Waals surface area contributed by atoms with Crippen LogP contribution in [0.15, 0.2) is 29.0 Å². The number of imidazole rings is 1. The maximum atomic E-state index is 5.89. The second-order valence-electron chi connectivity index (χ2n) is 4.81. The molecule has 0 atom stereocenters. The summed E-state index contributed by atoms with van der Waals surface area (Å²) in [5, 5.41) is 4.20. The minimum Gasteiger partial charge on any atom is -0.312 e. The third kappa shape index (κ3) is 2.96.